The van der Waals surface area contributed by atoms with Gasteiger partial charge in [0.05, 0.1) is 7.11 Å². The number of aromatic nitrogens is 3. The third-order valence-corrected chi connectivity index (χ3v) is 3.93. The van der Waals surface area contributed by atoms with Crippen molar-refractivity contribution < 1.29 is 14.3 Å². The van der Waals surface area contributed by atoms with Gasteiger partial charge in [0.15, 0.2) is 5.16 Å². The van der Waals surface area contributed by atoms with Crippen molar-refractivity contribution in [2.45, 2.75) is 23.9 Å². The Morgan fingerprint density at radius 3 is 2.95 bits per heavy atom. The molecule has 0 aliphatic carbocycles. The van der Waals surface area contributed by atoms with Crippen LogP contribution in [-0.4, -0.2) is 33.1 Å². The van der Waals surface area contributed by atoms with E-state index in [2.05, 4.69) is 10.2 Å². The van der Waals surface area contributed by atoms with Crippen molar-refractivity contribution in [1.29, 1.82) is 0 Å². The van der Waals surface area contributed by atoms with Crippen LogP contribution in [0.3, 0.4) is 0 Å². The average molecular weight is 307 g/mol. The Labute approximate surface area is 127 Å². The van der Waals surface area contributed by atoms with Gasteiger partial charge in [-0.25, -0.2) is 0 Å². The summed E-state index contributed by atoms with van der Waals surface area (Å²) in [7, 11) is 3.43. The molecule has 1 atom stereocenters. The Hall–Kier alpha value is -2.02. The molecular weight excluding hydrogens is 290 g/mol. The second kappa shape index (κ2) is 7.12. The highest BCUT2D eigenvalue weighted by Crippen LogP contribution is 2.21. The first-order valence-electron chi connectivity index (χ1n) is 6.40. The number of benzene rings is 1. The molecular formula is C14H17N3O3S. The van der Waals surface area contributed by atoms with E-state index in [1.54, 1.807) is 24.9 Å². The lowest BCUT2D eigenvalue weighted by Gasteiger charge is -2.11. The molecule has 1 heterocycles. The molecule has 1 aromatic heterocycles. The first-order chi connectivity index (χ1) is 10.1. The molecule has 7 heteroatoms. The smallest absolute Gasteiger partial charge is 0.319 e. The average Bonchev–Trinajstić information content (AvgIpc) is 2.90. The Morgan fingerprint density at radius 1 is 1.48 bits per heavy atom. The van der Waals surface area contributed by atoms with E-state index >= 15 is 0 Å². The number of carbonyl (C=O) groups is 1. The topological polar surface area (TPSA) is 66.2 Å². The predicted octanol–water partition coefficient (Wildman–Crippen LogP) is 2.05. The van der Waals surface area contributed by atoms with Gasteiger partial charge in [-0.3, -0.25) is 4.79 Å². The van der Waals surface area contributed by atoms with Gasteiger partial charge >= 0.3 is 5.97 Å². The van der Waals surface area contributed by atoms with Gasteiger partial charge in [-0.1, -0.05) is 23.9 Å². The van der Waals surface area contributed by atoms with E-state index in [4.69, 9.17) is 9.47 Å². The van der Waals surface area contributed by atoms with Crippen LogP contribution in [0.2, 0.25) is 0 Å². The summed E-state index contributed by atoms with van der Waals surface area (Å²) in [5.74, 6) is 0.455. The summed E-state index contributed by atoms with van der Waals surface area (Å²) in [6.45, 7) is 2.01. The summed E-state index contributed by atoms with van der Waals surface area (Å²) in [5.41, 5.74) is 0.888. The number of hydrogen-bond acceptors (Lipinski definition) is 6. The van der Waals surface area contributed by atoms with Crippen LogP contribution in [0.15, 0.2) is 35.7 Å². The minimum Gasteiger partial charge on any atom is -0.497 e. The summed E-state index contributed by atoms with van der Waals surface area (Å²) in [4.78, 5) is 12.0. The van der Waals surface area contributed by atoms with E-state index in [-0.39, 0.29) is 17.8 Å². The van der Waals surface area contributed by atoms with Crippen LogP contribution in [-0.2, 0) is 23.2 Å². The van der Waals surface area contributed by atoms with Crippen LogP contribution in [0.5, 0.6) is 5.75 Å². The van der Waals surface area contributed by atoms with E-state index in [1.165, 1.54) is 11.8 Å². The highest BCUT2D eigenvalue weighted by atomic mass is 32.2. The third kappa shape index (κ3) is 4.22. The van der Waals surface area contributed by atoms with Crippen LogP contribution in [0.4, 0.5) is 0 Å². The minimum absolute atomic E-state index is 0.222. The Kier molecular flexibility index (Phi) is 5.21. The molecule has 21 heavy (non-hydrogen) atoms. The van der Waals surface area contributed by atoms with Crippen LogP contribution in [0, 0.1) is 0 Å². The first kappa shape index (κ1) is 15.4. The van der Waals surface area contributed by atoms with Crippen LogP contribution < -0.4 is 4.74 Å². The lowest BCUT2D eigenvalue weighted by atomic mass is 10.2. The molecule has 2 rings (SSSR count). The van der Waals surface area contributed by atoms with Gasteiger partial charge in [0, 0.05) is 7.05 Å². The van der Waals surface area contributed by atoms with Crippen molar-refractivity contribution in [2.75, 3.05) is 7.11 Å². The molecule has 0 amide bonds. The van der Waals surface area contributed by atoms with Crippen molar-refractivity contribution in [3.63, 3.8) is 0 Å². The Morgan fingerprint density at radius 2 is 2.29 bits per heavy atom. The Balaban J connectivity index is 1.87. The highest BCUT2D eigenvalue weighted by Gasteiger charge is 2.18. The lowest BCUT2D eigenvalue weighted by Crippen LogP contribution is -2.17. The molecule has 0 aliphatic rings. The monoisotopic (exact) mass is 307 g/mol. The number of nitrogens with zero attached hydrogens (tertiary/aromatic N) is 3. The fourth-order valence-electron chi connectivity index (χ4n) is 1.62. The fourth-order valence-corrected chi connectivity index (χ4v) is 2.41. The molecule has 0 N–H and O–H groups in total. The number of ether oxygens (including phenoxy) is 2. The maximum Gasteiger partial charge on any atom is 0.319 e. The number of hydrogen-bond donors (Lipinski definition) is 0. The zero-order valence-corrected chi connectivity index (χ0v) is 13.0. The number of methoxy groups -OCH3 is 1. The summed E-state index contributed by atoms with van der Waals surface area (Å²) in [6.07, 6.45) is 1.59. The number of thioether (sulfide) groups is 1. The number of rotatable bonds is 6. The second-order valence-electron chi connectivity index (χ2n) is 4.44. The normalized spacial score (nSPS) is 12.0. The van der Waals surface area contributed by atoms with Gasteiger partial charge in [0.2, 0.25) is 0 Å². The quantitative estimate of drug-likeness (QED) is 0.601. The highest BCUT2D eigenvalue weighted by molar-refractivity contribution is 8.00. The molecule has 0 bridgehead atoms. The van der Waals surface area contributed by atoms with Crippen molar-refractivity contribution >= 4 is 17.7 Å². The van der Waals surface area contributed by atoms with E-state index < -0.39 is 0 Å². The van der Waals surface area contributed by atoms with E-state index in [0.29, 0.717) is 5.16 Å². The summed E-state index contributed by atoms with van der Waals surface area (Å²) in [5, 5.41) is 8.04. The van der Waals surface area contributed by atoms with E-state index in [0.717, 1.165) is 11.3 Å². The summed E-state index contributed by atoms with van der Waals surface area (Å²) in [6, 6.07) is 7.43. The van der Waals surface area contributed by atoms with Gasteiger partial charge in [-0.05, 0) is 24.6 Å². The van der Waals surface area contributed by atoms with Gasteiger partial charge in [-0.15, -0.1) is 10.2 Å². The summed E-state index contributed by atoms with van der Waals surface area (Å²) >= 11 is 1.32. The van der Waals surface area contributed by atoms with Crippen LogP contribution in [0.1, 0.15) is 12.5 Å². The maximum atomic E-state index is 12.0. The molecule has 0 radical (unpaired) electrons. The minimum atomic E-state index is -0.349. The van der Waals surface area contributed by atoms with E-state index in [9.17, 15) is 4.79 Å². The molecule has 0 saturated heterocycles. The number of esters is 1. The lowest BCUT2D eigenvalue weighted by molar-refractivity contribution is -0.143. The number of aryl methyl sites for hydroxylation is 1. The Bertz CT molecular complexity index is 615. The molecule has 0 spiro atoms. The zero-order chi connectivity index (χ0) is 15.2. The maximum absolute atomic E-state index is 12.0. The first-order valence-corrected chi connectivity index (χ1v) is 7.28. The molecule has 0 aliphatic heterocycles. The van der Waals surface area contributed by atoms with Crippen LogP contribution >= 0.6 is 11.8 Å². The molecule has 2 aromatic rings. The summed E-state index contributed by atoms with van der Waals surface area (Å²) < 4.78 is 12.2. The van der Waals surface area contributed by atoms with Crippen molar-refractivity contribution in [3.8, 4) is 5.75 Å². The van der Waals surface area contributed by atoms with Crippen LogP contribution in [0.25, 0.3) is 0 Å². The van der Waals surface area contributed by atoms with Gasteiger partial charge in [0.25, 0.3) is 0 Å². The molecule has 0 fully saturated rings. The standard InChI is InChI=1S/C14H17N3O3S/c1-10(21-14-16-15-9-17(14)2)13(18)20-8-11-5-4-6-12(7-11)19-3/h4-7,9-10H,8H2,1-3H3. The van der Waals surface area contributed by atoms with E-state index in [1.807, 2.05) is 31.3 Å². The van der Waals surface area contributed by atoms with Gasteiger partial charge in [0.1, 0.15) is 23.9 Å². The van der Waals surface area contributed by atoms with Gasteiger partial charge < -0.3 is 14.0 Å². The van der Waals surface area contributed by atoms with Gasteiger partial charge in [-0.2, -0.15) is 0 Å². The largest absolute Gasteiger partial charge is 0.497 e. The fraction of sp³-hybridized carbons (Fsp3) is 0.357. The SMILES string of the molecule is COc1cccc(COC(=O)C(C)Sc2nncn2C)c1. The molecule has 112 valence electrons. The predicted molar refractivity (Wildman–Crippen MR) is 79.1 cm³/mol. The third-order valence-electron chi connectivity index (χ3n) is 2.80. The molecule has 1 aromatic carbocycles. The zero-order valence-electron chi connectivity index (χ0n) is 12.1. The van der Waals surface area contributed by atoms with Crippen molar-refractivity contribution in [3.05, 3.63) is 36.2 Å². The van der Waals surface area contributed by atoms with Crippen molar-refractivity contribution in [1.82, 2.24) is 14.8 Å². The number of carbonyl (C=O) groups excluding carboxylic acids is 1. The second-order valence-corrected chi connectivity index (χ2v) is 5.75. The molecule has 6 nitrogen and oxygen atoms in total. The van der Waals surface area contributed by atoms with Crippen molar-refractivity contribution in [2.24, 2.45) is 7.05 Å². The molecule has 1 unspecified atom stereocenters. The molecule has 0 saturated carbocycles.